The van der Waals surface area contributed by atoms with Crippen molar-refractivity contribution in [1.82, 2.24) is 4.72 Å². The standard InChI is InChI=1S/C12H19N3O4S/c13-10-3-1-4-11(9-10)19-7-8-20(17,18)15-6-2-5-12(14)16/h1,3-4,9,15H,2,5-8,13H2,(H2,14,16). The van der Waals surface area contributed by atoms with Crippen molar-refractivity contribution in [3.05, 3.63) is 24.3 Å². The fraction of sp³-hybridized carbons (Fsp3) is 0.417. The summed E-state index contributed by atoms with van der Waals surface area (Å²) in [5, 5.41) is 0. The number of nitrogen functional groups attached to an aromatic ring is 1. The van der Waals surface area contributed by atoms with Crippen LogP contribution in [0.1, 0.15) is 12.8 Å². The van der Waals surface area contributed by atoms with Gasteiger partial charge in [0, 0.05) is 24.7 Å². The van der Waals surface area contributed by atoms with E-state index in [2.05, 4.69) is 4.72 Å². The Kier molecular flexibility index (Phi) is 6.26. The maximum Gasteiger partial charge on any atom is 0.217 e. The van der Waals surface area contributed by atoms with Crippen LogP contribution in [0.3, 0.4) is 0 Å². The van der Waals surface area contributed by atoms with Gasteiger partial charge in [-0.05, 0) is 18.6 Å². The van der Waals surface area contributed by atoms with Gasteiger partial charge >= 0.3 is 0 Å². The van der Waals surface area contributed by atoms with Crippen molar-refractivity contribution in [1.29, 1.82) is 0 Å². The molecule has 0 unspecified atom stereocenters. The van der Waals surface area contributed by atoms with Crippen LogP contribution in [0.4, 0.5) is 5.69 Å². The smallest absolute Gasteiger partial charge is 0.217 e. The molecule has 0 atom stereocenters. The van der Waals surface area contributed by atoms with Crippen LogP contribution in [0, 0.1) is 0 Å². The Morgan fingerprint density at radius 2 is 2.10 bits per heavy atom. The highest BCUT2D eigenvalue weighted by Gasteiger charge is 2.10. The van der Waals surface area contributed by atoms with E-state index in [1.807, 2.05) is 0 Å². The van der Waals surface area contributed by atoms with E-state index in [9.17, 15) is 13.2 Å². The topological polar surface area (TPSA) is 125 Å². The number of nitrogens with one attached hydrogen (secondary N) is 1. The lowest BCUT2D eigenvalue weighted by molar-refractivity contribution is -0.118. The lowest BCUT2D eigenvalue weighted by Gasteiger charge is -2.08. The van der Waals surface area contributed by atoms with Crippen molar-refractivity contribution in [2.75, 3.05) is 24.6 Å². The number of carbonyl (C=O) groups is 1. The number of amides is 1. The SMILES string of the molecule is NC(=O)CCCNS(=O)(=O)CCOc1cccc(N)c1. The van der Waals surface area contributed by atoms with Gasteiger partial charge in [0.05, 0.1) is 5.75 Å². The van der Waals surface area contributed by atoms with Crippen molar-refractivity contribution in [3.63, 3.8) is 0 Å². The Morgan fingerprint density at radius 3 is 2.75 bits per heavy atom. The number of hydrogen-bond acceptors (Lipinski definition) is 5. The second kappa shape index (κ2) is 7.71. The molecule has 0 radical (unpaired) electrons. The van der Waals surface area contributed by atoms with Crippen molar-refractivity contribution in [2.45, 2.75) is 12.8 Å². The predicted molar refractivity (Wildman–Crippen MR) is 76.6 cm³/mol. The molecule has 0 spiro atoms. The highest BCUT2D eigenvalue weighted by atomic mass is 32.2. The molecule has 0 aliphatic rings. The highest BCUT2D eigenvalue weighted by molar-refractivity contribution is 7.89. The highest BCUT2D eigenvalue weighted by Crippen LogP contribution is 2.14. The Morgan fingerprint density at radius 1 is 1.35 bits per heavy atom. The molecule has 0 aliphatic carbocycles. The summed E-state index contributed by atoms with van der Waals surface area (Å²) in [6, 6.07) is 6.75. The van der Waals surface area contributed by atoms with Crippen LogP contribution in [-0.4, -0.2) is 33.2 Å². The van der Waals surface area contributed by atoms with Gasteiger partial charge in [-0.1, -0.05) is 6.07 Å². The first-order valence-electron chi connectivity index (χ1n) is 6.13. The molecular weight excluding hydrogens is 282 g/mol. The third kappa shape index (κ3) is 6.95. The number of rotatable bonds is 9. The Bertz CT molecular complexity index is 545. The van der Waals surface area contributed by atoms with Crippen LogP contribution < -0.4 is 20.9 Å². The summed E-state index contributed by atoms with van der Waals surface area (Å²) in [6.07, 6.45) is 0.535. The first kappa shape index (κ1) is 16.3. The molecule has 1 rings (SSSR count). The first-order valence-corrected chi connectivity index (χ1v) is 7.78. The number of ether oxygens (including phenoxy) is 1. The van der Waals surface area contributed by atoms with Crippen LogP contribution in [0.5, 0.6) is 5.75 Å². The minimum atomic E-state index is -3.42. The molecule has 1 amide bonds. The summed E-state index contributed by atoms with van der Waals surface area (Å²) in [4.78, 5) is 10.5. The molecule has 0 aliphatic heterocycles. The van der Waals surface area contributed by atoms with Gasteiger partial charge in [0.25, 0.3) is 0 Å². The Hall–Kier alpha value is -1.80. The van der Waals surface area contributed by atoms with Gasteiger partial charge in [-0.15, -0.1) is 0 Å². The number of anilines is 1. The summed E-state index contributed by atoms with van der Waals surface area (Å²) < 4.78 is 30.9. The molecule has 0 heterocycles. The summed E-state index contributed by atoms with van der Waals surface area (Å²) in [6.45, 7) is 0.207. The van der Waals surface area contributed by atoms with E-state index in [1.54, 1.807) is 24.3 Å². The molecule has 112 valence electrons. The van der Waals surface area contributed by atoms with Gasteiger partial charge in [0.1, 0.15) is 12.4 Å². The molecule has 0 fully saturated rings. The van der Waals surface area contributed by atoms with E-state index in [0.29, 0.717) is 17.9 Å². The molecule has 20 heavy (non-hydrogen) atoms. The van der Waals surface area contributed by atoms with Gasteiger partial charge in [-0.25, -0.2) is 13.1 Å². The van der Waals surface area contributed by atoms with E-state index in [-0.39, 0.29) is 25.3 Å². The minimum Gasteiger partial charge on any atom is -0.492 e. The lowest BCUT2D eigenvalue weighted by Crippen LogP contribution is -2.30. The molecule has 1 aromatic carbocycles. The zero-order valence-electron chi connectivity index (χ0n) is 11.0. The zero-order chi connectivity index (χ0) is 15.0. The van der Waals surface area contributed by atoms with Crippen molar-refractivity contribution in [2.24, 2.45) is 5.73 Å². The molecular formula is C12H19N3O4S. The second-order valence-electron chi connectivity index (χ2n) is 4.20. The summed E-state index contributed by atoms with van der Waals surface area (Å²) >= 11 is 0. The fourth-order valence-electron chi connectivity index (χ4n) is 1.44. The number of hydrogen-bond donors (Lipinski definition) is 3. The average molecular weight is 301 g/mol. The van der Waals surface area contributed by atoms with Gasteiger partial charge in [0.15, 0.2) is 0 Å². The molecule has 0 bridgehead atoms. The van der Waals surface area contributed by atoms with Crippen molar-refractivity contribution >= 4 is 21.6 Å². The largest absolute Gasteiger partial charge is 0.492 e. The fourth-order valence-corrected chi connectivity index (χ4v) is 2.34. The Balaban J connectivity index is 2.27. The second-order valence-corrected chi connectivity index (χ2v) is 6.13. The third-order valence-electron chi connectivity index (χ3n) is 2.40. The average Bonchev–Trinajstić information content (AvgIpc) is 2.34. The molecule has 0 aromatic heterocycles. The maximum atomic E-state index is 11.6. The van der Waals surface area contributed by atoms with Crippen LogP contribution in [-0.2, 0) is 14.8 Å². The minimum absolute atomic E-state index is 0.0224. The van der Waals surface area contributed by atoms with E-state index in [1.165, 1.54) is 0 Å². The monoisotopic (exact) mass is 301 g/mol. The first-order chi connectivity index (χ1) is 9.39. The van der Waals surface area contributed by atoms with Crippen LogP contribution >= 0.6 is 0 Å². The predicted octanol–water partition coefficient (Wildman–Crippen LogP) is -0.167. The number of sulfonamides is 1. The van der Waals surface area contributed by atoms with Crippen LogP contribution in [0.25, 0.3) is 0 Å². The number of nitrogens with two attached hydrogens (primary N) is 2. The summed E-state index contributed by atoms with van der Waals surface area (Å²) in [7, 11) is -3.42. The maximum absolute atomic E-state index is 11.6. The molecule has 0 saturated carbocycles. The van der Waals surface area contributed by atoms with Gasteiger partial charge in [-0.2, -0.15) is 0 Å². The molecule has 7 nitrogen and oxygen atoms in total. The van der Waals surface area contributed by atoms with Crippen molar-refractivity contribution < 1.29 is 17.9 Å². The van der Waals surface area contributed by atoms with E-state index >= 15 is 0 Å². The van der Waals surface area contributed by atoms with Crippen LogP contribution in [0.15, 0.2) is 24.3 Å². The zero-order valence-corrected chi connectivity index (χ0v) is 11.9. The van der Waals surface area contributed by atoms with Gasteiger partial charge in [0.2, 0.25) is 15.9 Å². The van der Waals surface area contributed by atoms with E-state index in [4.69, 9.17) is 16.2 Å². The molecule has 8 heteroatoms. The Labute approximate surface area is 118 Å². The summed E-state index contributed by atoms with van der Waals surface area (Å²) in [5.74, 6) is -0.0959. The molecule has 5 N–H and O–H groups in total. The summed E-state index contributed by atoms with van der Waals surface area (Å²) in [5.41, 5.74) is 11.1. The number of primary amides is 1. The molecule has 0 saturated heterocycles. The lowest BCUT2D eigenvalue weighted by atomic mass is 10.3. The third-order valence-corrected chi connectivity index (χ3v) is 3.75. The van der Waals surface area contributed by atoms with Gasteiger partial charge < -0.3 is 16.2 Å². The van der Waals surface area contributed by atoms with Crippen LogP contribution in [0.2, 0.25) is 0 Å². The van der Waals surface area contributed by atoms with Crippen molar-refractivity contribution in [3.8, 4) is 5.75 Å². The van der Waals surface area contributed by atoms with E-state index < -0.39 is 15.9 Å². The van der Waals surface area contributed by atoms with Gasteiger partial charge in [-0.3, -0.25) is 4.79 Å². The number of benzene rings is 1. The normalized spacial score (nSPS) is 11.2. The quantitative estimate of drug-likeness (QED) is 0.431. The number of carbonyl (C=O) groups excluding carboxylic acids is 1. The molecule has 1 aromatic rings. The van der Waals surface area contributed by atoms with E-state index in [0.717, 1.165) is 0 Å².